The van der Waals surface area contributed by atoms with Crippen molar-refractivity contribution in [2.24, 2.45) is 5.10 Å². The summed E-state index contributed by atoms with van der Waals surface area (Å²) in [6.07, 6.45) is 0.627. The topological polar surface area (TPSA) is 24.8 Å². The van der Waals surface area contributed by atoms with Crippen molar-refractivity contribution in [3.63, 3.8) is 0 Å². The highest BCUT2D eigenvalue weighted by molar-refractivity contribution is 9.10. The lowest BCUT2D eigenvalue weighted by molar-refractivity contribution is -0.0190. The summed E-state index contributed by atoms with van der Waals surface area (Å²) in [4.78, 5) is 0. The van der Waals surface area contributed by atoms with Crippen molar-refractivity contribution in [3.8, 4) is 5.75 Å². The summed E-state index contributed by atoms with van der Waals surface area (Å²) in [7, 11) is 0. The Bertz CT molecular complexity index is 1280. The summed E-state index contributed by atoms with van der Waals surface area (Å²) in [6, 6.07) is 31.9. The summed E-state index contributed by atoms with van der Waals surface area (Å²) in [5.74, 6) is 0.946. The van der Waals surface area contributed by atoms with Crippen molar-refractivity contribution in [3.05, 3.63) is 112 Å². The number of hydrazone groups is 1. The first-order chi connectivity index (χ1) is 14.8. The fourth-order valence-corrected chi connectivity index (χ4v) is 4.69. The Morgan fingerprint density at radius 3 is 2.47 bits per heavy atom. The van der Waals surface area contributed by atoms with Crippen LogP contribution in [-0.2, 0) is 0 Å². The van der Waals surface area contributed by atoms with Gasteiger partial charge in [0.1, 0.15) is 5.75 Å². The molecule has 0 unspecified atom stereocenters. The molecule has 146 valence electrons. The molecule has 0 saturated carbocycles. The van der Waals surface area contributed by atoms with Crippen LogP contribution in [0.3, 0.4) is 0 Å². The molecular formula is C26H19BrN2O. The first-order valence-electron chi connectivity index (χ1n) is 10.1. The zero-order valence-electron chi connectivity index (χ0n) is 16.2. The van der Waals surface area contributed by atoms with Crippen molar-refractivity contribution in [1.82, 2.24) is 5.01 Å². The lowest BCUT2D eigenvalue weighted by Crippen LogP contribution is -2.33. The Hall–Kier alpha value is -3.11. The minimum atomic E-state index is -0.240. The van der Waals surface area contributed by atoms with Crippen LogP contribution in [0.2, 0.25) is 0 Å². The van der Waals surface area contributed by atoms with E-state index in [-0.39, 0.29) is 12.3 Å². The van der Waals surface area contributed by atoms with E-state index in [1.54, 1.807) is 0 Å². The molecule has 0 bridgehead atoms. The van der Waals surface area contributed by atoms with Gasteiger partial charge in [-0.25, -0.2) is 5.01 Å². The zero-order chi connectivity index (χ0) is 20.1. The van der Waals surface area contributed by atoms with Crippen LogP contribution in [0.25, 0.3) is 10.8 Å². The van der Waals surface area contributed by atoms with Gasteiger partial charge >= 0.3 is 0 Å². The third kappa shape index (κ3) is 2.91. The molecule has 2 aliphatic heterocycles. The van der Waals surface area contributed by atoms with Crippen LogP contribution >= 0.6 is 15.9 Å². The van der Waals surface area contributed by atoms with Gasteiger partial charge in [0.25, 0.3) is 0 Å². The quantitative estimate of drug-likeness (QED) is 0.331. The Labute approximate surface area is 183 Å². The van der Waals surface area contributed by atoms with Gasteiger partial charge in [0.05, 0.1) is 11.8 Å². The fourth-order valence-electron chi connectivity index (χ4n) is 4.42. The average molecular weight is 455 g/mol. The molecule has 2 heterocycles. The first-order valence-corrected chi connectivity index (χ1v) is 10.9. The highest BCUT2D eigenvalue weighted by atomic mass is 79.9. The highest BCUT2D eigenvalue weighted by Gasteiger charge is 2.40. The first kappa shape index (κ1) is 17.7. The molecule has 3 nitrogen and oxygen atoms in total. The lowest BCUT2D eigenvalue weighted by Gasteiger charge is -2.38. The van der Waals surface area contributed by atoms with E-state index >= 15 is 0 Å². The SMILES string of the molecule is Brc1ccc([C@H]2Oc3ccccc3[C@@H]3CC(c4ccc5ccccc5c4)=NN23)cc1. The molecule has 0 saturated heterocycles. The van der Waals surface area contributed by atoms with Gasteiger partial charge < -0.3 is 4.74 Å². The van der Waals surface area contributed by atoms with Crippen LogP contribution < -0.4 is 4.74 Å². The van der Waals surface area contributed by atoms with Gasteiger partial charge in [-0.3, -0.25) is 0 Å². The van der Waals surface area contributed by atoms with Crippen LogP contribution in [0.15, 0.2) is 101 Å². The van der Waals surface area contributed by atoms with Gasteiger partial charge in [-0.05, 0) is 40.6 Å². The summed E-state index contributed by atoms with van der Waals surface area (Å²) < 4.78 is 7.49. The molecule has 0 aromatic heterocycles. The normalized spacial score (nSPS) is 19.8. The Morgan fingerprint density at radius 1 is 0.833 bits per heavy atom. The van der Waals surface area contributed by atoms with Crippen LogP contribution in [0.5, 0.6) is 5.75 Å². The highest BCUT2D eigenvalue weighted by Crippen LogP contribution is 2.47. The Kier molecular flexibility index (Phi) is 4.13. The molecule has 6 rings (SSSR count). The number of rotatable bonds is 2. The number of hydrogen-bond acceptors (Lipinski definition) is 3. The monoisotopic (exact) mass is 454 g/mol. The maximum absolute atomic E-state index is 6.43. The van der Waals surface area contributed by atoms with E-state index in [9.17, 15) is 0 Å². The van der Waals surface area contributed by atoms with Gasteiger partial charge in [0.2, 0.25) is 6.23 Å². The van der Waals surface area contributed by atoms with E-state index in [0.717, 1.165) is 27.9 Å². The van der Waals surface area contributed by atoms with Crippen LogP contribution in [-0.4, -0.2) is 10.7 Å². The third-order valence-electron chi connectivity index (χ3n) is 5.94. The summed E-state index contributed by atoms with van der Waals surface area (Å²) >= 11 is 3.53. The van der Waals surface area contributed by atoms with E-state index < -0.39 is 0 Å². The minimum absolute atomic E-state index is 0.171. The molecule has 4 aromatic carbocycles. The largest absolute Gasteiger partial charge is 0.464 e. The Balaban J connectivity index is 1.44. The molecule has 4 aromatic rings. The van der Waals surface area contributed by atoms with Gasteiger partial charge in [0, 0.05) is 22.0 Å². The summed E-state index contributed by atoms with van der Waals surface area (Å²) in [5, 5.41) is 9.70. The van der Waals surface area contributed by atoms with Crippen molar-refractivity contribution in [2.75, 3.05) is 0 Å². The van der Waals surface area contributed by atoms with Gasteiger partial charge in [0.15, 0.2) is 0 Å². The van der Waals surface area contributed by atoms with Gasteiger partial charge in [-0.2, -0.15) is 5.10 Å². The summed E-state index contributed by atoms with van der Waals surface area (Å²) in [6.45, 7) is 0. The van der Waals surface area contributed by atoms with E-state index in [0.29, 0.717) is 0 Å². The van der Waals surface area contributed by atoms with Crippen molar-refractivity contribution < 1.29 is 4.74 Å². The molecule has 0 radical (unpaired) electrons. The second-order valence-corrected chi connectivity index (χ2v) is 8.68. The second kappa shape index (κ2) is 6.99. The maximum Gasteiger partial charge on any atom is 0.213 e. The van der Waals surface area contributed by atoms with Crippen molar-refractivity contribution >= 4 is 32.4 Å². The predicted molar refractivity (Wildman–Crippen MR) is 124 cm³/mol. The number of halogens is 1. The van der Waals surface area contributed by atoms with E-state index in [1.807, 2.05) is 6.07 Å². The standard InChI is InChI=1S/C26H19BrN2O/c27-21-13-11-18(12-14-21)26-29-24(22-7-3-4-8-25(22)30-26)16-23(28-29)20-10-9-17-5-1-2-6-19(17)15-20/h1-15,24,26H,16H2/t24-,26+/m0/s1. The number of nitrogens with zero attached hydrogens (tertiary/aromatic N) is 2. The third-order valence-corrected chi connectivity index (χ3v) is 6.47. The molecule has 2 atom stereocenters. The molecule has 30 heavy (non-hydrogen) atoms. The number of benzene rings is 4. The number of fused-ring (bicyclic) bond motifs is 4. The smallest absolute Gasteiger partial charge is 0.213 e. The second-order valence-electron chi connectivity index (χ2n) is 7.77. The molecule has 0 aliphatic carbocycles. The van der Waals surface area contributed by atoms with E-state index in [2.05, 4.69) is 106 Å². The summed E-state index contributed by atoms with van der Waals surface area (Å²) in [5.41, 5.74) is 4.58. The van der Waals surface area contributed by atoms with Crippen molar-refractivity contribution in [2.45, 2.75) is 18.7 Å². The molecule has 0 N–H and O–H groups in total. The molecular weight excluding hydrogens is 436 g/mol. The average Bonchev–Trinajstić information content (AvgIpc) is 3.25. The molecule has 0 amide bonds. The zero-order valence-corrected chi connectivity index (χ0v) is 17.8. The maximum atomic E-state index is 6.43. The van der Waals surface area contributed by atoms with Crippen LogP contribution in [0, 0.1) is 0 Å². The fraction of sp³-hybridized carbons (Fsp3) is 0.115. The molecule has 0 spiro atoms. The van der Waals surface area contributed by atoms with Gasteiger partial charge in [-0.1, -0.05) is 82.7 Å². The van der Waals surface area contributed by atoms with Crippen LogP contribution in [0.4, 0.5) is 0 Å². The Morgan fingerprint density at radius 2 is 1.60 bits per heavy atom. The molecule has 0 fully saturated rings. The number of para-hydroxylation sites is 1. The molecule has 2 aliphatic rings. The lowest BCUT2D eigenvalue weighted by atomic mass is 9.95. The van der Waals surface area contributed by atoms with Gasteiger partial charge in [-0.15, -0.1) is 0 Å². The minimum Gasteiger partial charge on any atom is -0.464 e. The number of hydrogen-bond donors (Lipinski definition) is 0. The van der Waals surface area contributed by atoms with E-state index in [4.69, 9.17) is 9.84 Å². The van der Waals surface area contributed by atoms with E-state index in [1.165, 1.54) is 21.9 Å². The molecule has 4 heteroatoms. The number of ether oxygens (including phenoxy) is 1. The van der Waals surface area contributed by atoms with Crippen LogP contribution in [0.1, 0.15) is 35.4 Å². The predicted octanol–water partition coefficient (Wildman–Crippen LogP) is 6.84. The van der Waals surface area contributed by atoms with Crippen molar-refractivity contribution in [1.29, 1.82) is 0 Å².